The second-order valence-electron chi connectivity index (χ2n) is 3.33. The zero-order valence-corrected chi connectivity index (χ0v) is 8.13. The molecular weight excluding hydrogens is 154 g/mol. The van der Waals surface area contributed by atoms with Gasteiger partial charge in [0.1, 0.15) is 0 Å². The van der Waals surface area contributed by atoms with Gasteiger partial charge in [0.05, 0.1) is 0 Å². The maximum Gasteiger partial charge on any atom is 0.217 e. The molecule has 0 aliphatic rings. The Hall–Kier alpha value is -0.570. The van der Waals surface area contributed by atoms with Crippen LogP contribution < -0.4 is 5.32 Å². The van der Waals surface area contributed by atoms with E-state index in [1.807, 2.05) is 13.8 Å². The number of hydrogen-bond acceptors (Lipinski definition) is 2. The first-order valence-corrected chi connectivity index (χ1v) is 4.48. The summed E-state index contributed by atoms with van der Waals surface area (Å²) >= 11 is 0. The monoisotopic (exact) mass is 173 g/mol. The van der Waals surface area contributed by atoms with Crippen molar-refractivity contribution in [3.05, 3.63) is 0 Å². The Bertz CT molecular complexity index is 136. The van der Waals surface area contributed by atoms with Crippen molar-refractivity contribution < 1.29 is 9.90 Å². The summed E-state index contributed by atoms with van der Waals surface area (Å²) in [6.45, 7) is 5.72. The van der Waals surface area contributed by atoms with Gasteiger partial charge in [-0.2, -0.15) is 0 Å². The number of rotatable bonds is 5. The number of aliphatic hydroxyl groups excluding tert-OH is 1. The van der Waals surface area contributed by atoms with E-state index >= 15 is 0 Å². The molecule has 0 aromatic carbocycles. The smallest absolute Gasteiger partial charge is 0.217 e. The van der Waals surface area contributed by atoms with Crippen molar-refractivity contribution in [2.24, 2.45) is 5.92 Å². The summed E-state index contributed by atoms with van der Waals surface area (Å²) in [6, 6.07) is 0.213. The second-order valence-corrected chi connectivity index (χ2v) is 3.33. The molecule has 3 heteroatoms. The quantitative estimate of drug-likeness (QED) is 0.649. The van der Waals surface area contributed by atoms with Gasteiger partial charge in [0.2, 0.25) is 5.91 Å². The molecule has 0 bridgehead atoms. The molecule has 0 saturated carbocycles. The minimum absolute atomic E-state index is 0.00647. The molecular formula is C9H19NO2. The Kier molecular flexibility index (Phi) is 5.72. The Labute approximate surface area is 74.2 Å². The van der Waals surface area contributed by atoms with E-state index < -0.39 is 0 Å². The summed E-state index contributed by atoms with van der Waals surface area (Å²) in [5, 5.41) is 11.6. The van der Waals surface area contributed by atoms with Crippen molar-refractivity contribution in [1.29, 1.82) is 0 Å². The van der Waals surface area contributed by atoms with Crippen LogP contribution in [0.4, 0.5) is 0 Å². The second kappa shape index (κ2) is 6.00. The number of hydrogen-bond donors (Lipinski definition) is 2. The number of nitrogens with one attached hydrogen (secondary N) is 1. The van der Waals surface area contributed by atoms with Crippen LogP contribution in [0.5, 0.6) is 0 Å². The maximum absolute atomic E-state index is 10.7. The number of amides is 1. The van der Waals surface area contributed by atoms with Crippen LogP contribution in [-0.2, 0) is 4.79 Å². The zero-order valence-electron chi connectivity index (χ0n) is 8.13. The first-order valence-electron chi connectivity index (χ1n) is 4.48. The van der Waals surface area contributed by atoms with Crippen molar-refractivity contribution in [3.63, 3.8) is 0 Å². The third-order valence-corrected chi connectivity index (χ3v) is 1.90. The summed E-state index contributed by atoms with van der Waals surface area (Å²) in [4.78, 5) is 10.7. The van der Waals surface area contributed by atoms with Crippen LogP contribution in [-0.4, -0.2) is 23.7 Å². The average Bonchev–Trinajstić information content (AvgIpc) is 2.02. The lowest BCUT2D eigenvalue weighted by Gasteiger charge is -2.18. The van der Waals surface area contributed by atoms with Crippen LogP contribution >= 0.6 is 0 Å². The molecule has 2 atom stereocenters. The molecule has 0 fully saturated rings. The fourth-order valence-electron chi connectivity index (χ4n) is 1.18. The first-order chi connectivity index (χ1) is 5.60. The Balaban J connectivity index is 3.74. The van der Waals surface area contributed by atoms with E-state index in [9.17, 15) is 4.79 Å². The molecule has 0 rings (SSSR count). The van der Waals surface area contributed by atoms with Gasteiger partial charge in [-0.3, -0.25) is 4.79 Å². The highest BCUT2D eigenvalue weighted by Gasteiger charge is 2.11. The predicted octanol–water partition coefficient (Wildman–Crippen LogP) is 0.920. The van der Waals surface area contributed by atoms with Crippen molar-refractivity contribution in [2.45, 2.75) is 39.7 Å². The van der Waals surface area contributed by atoms with E-state index in [1.165, 1.54) is 6.92 Å². The number of aliphatic hydroxyl groups is 1. The largest absolute Gasteiger partial charge is 0.396 e. The molecule has 12 heavy (non-hydrogen) atoms. The molecule has 1 amide bonds. The predicted molar refractivity (Wildman–Crippen MR) is 48.8 cm³/mol. The molecule has 0 aliphatic heterocycles. The molecule has 0 unspecified atom stereocenters. The fourth-order valence-corrected chi connectivity index (χ4v) is 1.18. The minimum atomic E-state index is 0.00647. The van der Waals surface area contributed by atoms with Crippen molar-refractivity contribution in [2.75, 3.05) is 6.61 Å². The third kappa shape index (κ3) is 5.13. The molecule has 0 aromatic heterocycles. The SMILES string of the molecule is CC[C@@H](C[C@H](C)CO)NC(C)=O. The average molecular weight is 173 g/mol. The highest BCUT2D eigenvalue weighted by molar-refractivity contribution is 5.73. The standard InChI is InChI=1S/C9H19NO2/c1-4-9(10-8(3)12)5-7(2)6-11/h7,9,11H,4-6H2,1-3H3,(H,10,12)/t7-,9-/m0/s1. The molecule has 0 saturated heterocycles. The van der Waals surface area contributed by atoms with Crippen LogP contribution in [0.25, 0.3) is 0 Å². The summed E-state index contributed by atoms with van der Waals surface area (Å²) in [6.07, 6.45) is 1.77. The Morgan fingerprint density at radius 1 is 1.58 bits per heavy atom. The topological polar surface area (TPSA) is 49.3 Å². The molecule has 0 aliphatic carbocycles. The number of carbonyl (C=O) groups is 1. The third-order valence-electron chi connectivity index (χ3n) is 1.90. The van der Waals surface area contributed by atoms with Crippen LogP contribution in [0.3, 0.4) is 0 Å². The molecule has 72 valence electrons. The summed E-state index contributed by atoms with van der Waals surface area (Å²) in [5.41, 5.74) is 0. The lowest BCUT2D eigenvalue weighted by atomic mass is 10.0. The molecule has 0 aromatic rings. The zero-order chi connectivity index (χ0) is 9.56. The van der Waals surface area contributed by atoms with Gasteiger partial charge >= 0.3 is 0 Å². The van der Waals surface area contributed by atoms with Crippen molar-refractivity contribution in [1.82, 2.24) is 5.32 Å². The van der Waals surface area contributed by atoms with Gasteiger partial charge < -0.3 is 10.4 Å². The summed E-state index contributed by atoms with van der Waals surface area (Å²) in [5.74, 6) is 0.272. The van der Waals surface area contributed by atoms with Gasteiger partial charge in [-0.05, 0) is 18.8 Å². The van der Waals surface area contributed by atoms with Crippen molar-refractivity contribution >= 4 is 5.91 Å². The van der Waals surface area contributed by atoms with Gasteiger partial charge in [-0.1, -0.05) is 13.8 Å². The molecule has 3 nitrogen and oxygen atoms in total. The normalized spacial score (nSPS) is 15.3. The summed E-state index contributed by atoms with van der Waals surface area (Å²) < 4.78 is 0. The van der Waals surface area contributed by atoms with E-state index in [2.05, 4.69) is 5.32 Å². The van der Waals surface area contributed by atoms with Gasteiger partial charge in [-0.25, -0.2) is 0 Å². The van der Waals surface area contributed by atoms with E-state index in [1.54, 1.807) is 0 Å². The molecule has 0 heterocycles. The van der Waals surface area contributed by atoms with Gasteiger partial charge in [0.25, 0.3) is 0 Å². The Morgan fingerprint density at radius 3 is 2.50 bits per heavy atom. The van der Waals surface area contributed by atoms with Gasteiger partial charge in [0, 0.05) is 19.6 Å². The molecule has 2 N–H and O–H groups in total. The molecule has 0 radical (unpaired) electrons. The minimum Gasteiger partial charge on any atom is -0.396 e. The van der Waals surface area contributed by atoms with Crippen molar-refractivity contribution in [3.8, 4) is 0 Å². The Morgan fingerprint density at radius 2 is 2.17 bits per heavy atom. The van der Waals surface area contributed by atoms with E-state index in [-0.39, 0.29) is 24.5 Å². The van der Waals surface area contributed by atoms with Gasteiger partial charge in [0.15, 0.2) is 0 Å². The van der Waals surface area contributed by atoms with Gasteiger partial charge in [-0.15, -0.1) is 0 Å². The maximum atomic E-state index is 10.7. The van der Waals surface area contributed by atoms with Crippen LogP contribution in [0, 0.1) is 5.92 Å². The summed E-state index contributed by atoms with van der Waals surface area (Å²) in [7, 11) is 0. The lowest BCUT2D eigenvalue weighted by Crippen LogP contribution is -2.34. The number of carbonyl (C=O) groups excluding carboxylic acids is 1. The fraction of sp³-hybridized carbons (Fsp3) is 0.889. The lowest BCUT2D eigenvalue weighted by molar-refractivity contribution is -0.119. The highest BCUT2D eigenvalue weighted by atomic mass is 16.3. The van der Waals surface area contributed by atoms with Crippen LogP contribution in [0.1, 0.15) is 33.6 Å². The van der Waals surface area contributed by atoms with Crippen LogP contribution in [0.2, 0.25) is 0 Å². The van der Waals surface area contributed by atoms with E-state index in [0.717, 1.165) is 12.8 Å². The van der Waals surface area contributed by atoms with E-state index in [0.29, 0.717) is 0 Å². The van der Waals surface area contributed by atoms with E-state index in [4.69, 9.17) is 5.11 Å². The van der Waals surface area contributed by atoms with Crippen LogP contribution in [0.15, 0.2) is 0 Å². The first kappa shape index (κ1) is 11.4. The highest BCUT2D eigenvalue weighted by Crippen LogP contribution is 2.07. The molecule has 0 spiro atoms.